The summed E-state index contributed by atoms with van der Waals surface area (Å²) in [5, 5.41) is 9.75. The third kappa shape index (κ3) is 6.06. The lowest BCUT2D eigenvalue weighted by Gasteiger charge is -2.28. The van der Waals surface area contributed by atoms with E-state index in [4.69, 9.17) is 0 Å². The van der Waals surface area contributed by atoms with Gasteiger partial charge >= 0.3 is 0 Å². The van der Waals surface area contributed by atoms with Crippen molar-refractivity contribution in [2.24, 2.45) is 0 Å². The molecule has 0 spiro atoms. The van der Waals surface area contributed by atoms with E-state index >= 15 is 0 Å². The second-order valence-corrected chi connectivity index (χ2v) is 15.2. The predicted molar refractivity (Wildman–Crippen MR) is 257 cm³/mol. The van der Waals surface area contributed by atoms with Gasteiger partial charge in [-0.15, -0.1) is 0 Å². The van der Waals surface area contributed by atoms with Crippen molar-refractivity contribution in [3.05, 3.63) is 243 Å². The van der Waals surface area contributed by atoms with Crippen molar-refractivity contribution < 1.29 is 0 Å². The smallest absolute Gasteiger partial charge is 0.0540 e. The minimum absolute atomic E-state index is 1.12. The third-order valence-electron chi connectivity index (χ3n) is 11.8. The van der Waals surface area contributed by atoms with Crippen LogP contribution in [0.15, 0.2) is 243 Å². The van der Waals surface area contributed by atoms with Crippen LogP contribution in [0.25, 0.3) is 65.3 Å². The van der Waals surface area contributed by atoms with Crippen LogP contribution in [-0.2, 0) is 0 Å². The summed E-state index contributed by atoms with van der Waals surface area (Å²) >= 11 is 0. The molecular weight excluding hydrogens is 725 g/mol. The number of para-hydroxylation sites is 4. The van der Waals surface area contributed by atoms with E-state index in [1.165, 1.54) is 65.3 Å². The lowest BCUT2D eigenvalue weighted by atomic mass is 9.86. The second kappa shape index (κ2) is 15.1. The molecule has 0 aliphatic carbocycles. The highest BCUT2D eigenvalue weighted by atomic mass is 15.1. The van der Waals surface area contributed by atoms with Gasteiger partial charge in [0.25, 0.3) is 0 Å². The number of anilines is 6. The number of benzene rings is 11. The van der Waals surface area contributed by atoms with E-state index in [1.807, 2.05) is 0 Å². The normalized spacial score (nSPS) is 11.3. The average Bonchev–Trinajstić information content (AvgIpc) is 3.32. The lowest BCUT2D eigenvalue weighted by Crippen LogP contribution is -2.10. The summed E-state index contributed by atoms with van der Waals surface area (Å²) in [5.41, 5.74) is 11.7. The highest BCUT2D eigenvalue weighted by Crippen LogP contribution is 2.48. The molecule has 0 bridgehead atoms. The summed E-state index contributed by atoms with van der Waals surface area (Å²) < 4.78 is 0. The van der Waals surface area contributed by atoms with Crippen LogP contribution in [0.5, 0.6) is 0 Å². The monoisotopic (exact) mass is 764 g/mol. The average molecular weight is 765 g/mol. The number of nitrogens with zero attached hydrogens (tertiary/aromatic N) is 2. The van der Waals surface area contributed by atoms with E-state index in [0.29, 0.717) is 0 Å². The van der Waals surface area contributed by atoms with Gasteiger partial charge in [0.1, 0.15) is 0 Å². The quantitative estimate of drug-likeness (QED) is 0.142. The van der Waals surface area contributed by atoms with Crippen LogP contribution in [0.3, 0.4) is 0 Å². The molecule has 0 fully saturated rings. The molecule has 11 aromatic carbocycles. The molecule has 282 valence electrons. The van der Waals surface area contributed by atoms with Gasteiger partial charge in [0.15, 0.2) is 0 Å². The van der Waals surface area contributed by atoms with Crippen LogP contribution in [0, 0.1) is 0 Å². The maximum atomic E-state index is 2.40. The molecule has 0 saturated carbocycles. The molecule has 0 N–H and O–H groups in total. The van der Waals surface area contributed by atoms with Crippen molar-refractivity contribution in [2.45, 2.75) is 0 Å². The molecule has 0 saturated heterocycles. The van der Waals surface area contributed by atoms with Crippen molar-refractivity contribution in [1.82, 2.24) is 0 Å². The summed E-state index contributed by atoms with van der Waals surface area (Å²) in [7, 11) is 0. The Hall–Kier alpha value is -7.94. The third-order valence-corrected chi connectivity index (χ3v) is 11.8. The highest BCUT2D eigenvalue weighted by molar-refractivity contribution is 6.21. The maximum absolute atomic E-state index is 2.40. The van der Waals surface area contributed by atoms with Crippen LogP contribution in [0.2, 0.25) is 0 Å². The van der Waals surface area contributed by atoms with Gasteiger partial charge in [-0.3, -0.25) is 0 Å². The maximum Gasteiger partial charge on any atom is 0.0540 e. The fourth-order valence-electron chi connectivity index (χ4n) is 9.20. The minimum atomic E-state index is 1.12. The lowest BCUT2D eigenvalue weighted by molar-refractivity contribution is 1.30. The minimum Gasteiger partial charge on any atom is -0.310 e. The van der Waals surface area contributed by atoms with Crippen molar-refractivity contribution in [3.63, 3.8) is 0 Å². The Balaban J connectivity index is 1.14. The van der Waals surface area contributed by atoms with Crippen molar-refractivity contribution in [1.29, 1.82) is 0 Å². The number of hydrogen-bond donors (Lipinski definition) is 0. The largest absolute Gasteiger partial charge is 0.310 e. The molecule has 2 heteroatoms. The molecule has 11 aromatic rings. The first-order valence-electron chi connectivity index (χ1n) is 20.6. The van der Waals surface area contributed by atoms with Gasteiger partial charge in [0.05, 0.1) is 11.4 Å². The Kier molecular flexibility index (Phi) is 8.87. The van der Waals surface area contributed by atoms with E-state index in [-0.39, 0.29) is 0 Å². The molecule has 0 aromatic heterocycles. The fourth-order valence-corrected chi connectivity index (χ4v) is 9.20. The van der Waals surface area contributed by atoms with E-state index in [0.717, 1.165) is 34.1 Å². The standard InChI is InChI=1S/C58H40N2/c1-5-21-42(22-6-1)59(43-23-7-2-8-24-43)56-37-19-34-48-47(32-17-35-52(48)56)49-33-18-36-53-55(49)40-41-20-13-14-29-46(41)58(53)54-38-39-57(51-31-16-15-30-50(51)54)60(44-25-9-3-10-26-44)45-27-11-4-12-28-45/h1-40H. The topological polar surface area (TPSA) is 6.48 Å². The Morgan fingerprint density at radius 1 is 0.217 bits per heavy atom. The van der Waals surface area contributed by atoms with Gasteiger partial charge < -0.3 is 9.80 Å². The SMILES string of the molecule is c1ccc(N(c2ccccc2)c2cccc3c(-c4cccc5c(-c6ccc(N(c7ccccc7)c7ccccc7)c7ccccc67)c6ccccc6cc45)cccc23)cc1. The first-order chi connectivity index (χ1) is 29.8. The Morgan fingerprint density at radius 2 is 0.600 bits per heavy atom. The fraction of sp³-hybridized carbons (Fsp3) is 0. The first kappa shape index (κ1) is 35.2. The van der Waals surface area contributed by atoms with Gasteiger partial charge in [0, 0.05) is 33.5 Å². The molecule has 0 unspecified atom stereocenters. The molecule has 60 heavy (non-hydrogen) atoms. The zero-order chi connectivity index (χ0) is 39.8. The molecule has 2 nitrogen and oxygen atoms in total. The molecule has 0 aliphatic heterocycles. The zero-order valence-electron chi connectivity index (χ0n) is 33.0. The molecule has 0 radical (unpaired) electrons. The van der Waals surface area contributed by atoms with Crippen LogP contribution in [0.4, 0.5) is 34.1 Å². The van der Waals surface area contributed by atoms with Crippen molar-refractivity contribution >= 4 is 77.2 Å². The van der Waals surface area contributed by atoms with Gasteiger partial charge in [0.2, 0.25) is 0 Å². The number of fused-ring (bicyclic) bond motifs is 4. The summed E-state index contributed by atoms with van der Waals surface area (Å²) in [5.74, 6) is 0. The van der Waals surface area contributed by atoms with Crippen molar-refractivity contribution in [3.8, 4) is 22.3 Å². The molecule has 0 aliphatic rings. The number of rotatable bonds is 8. The predicted octanol–water partition coefficient (Wildman–Crippen LogP) is 16.6. The Morgan fingerprint density at radius 3 is 1.17 bits per heavy atom. The van der Waals surface area contributed by atoms with Crippen LogP contribution >= 0.6 is 0 Å². The van der Waals surface area contributed by atoms with E-state index < -0.39 is 0 Å². The van der Waals surface area contributed by atoms with E-state index in [9.17, 15) is 0 Å². The van der Waals surface area contributed by atoms with Gasteiger partial charge in [-0.1, -0.05) is 176 Å². The Labute approximate surface area is 350 Å². The molecule has 0 amide bonds. The van der Waals surface area contributed by atoms with Crippen LogP contribution in [-0.4, -0.2) is 0 Å². The highest BCUT2D eigenvalue weighted by Gasteiger charge is 2.21. The number of hydrogen-bond acceptors (Lipinski definition) is 2. The Bertz CT molecular complexity index is 3230. The summed E-state index contributed by atoms with van der Waals surface area (Å²) in [4.78, 5) is 4.74. The van der Waals surface area contributed by atoms with E-state index in [2.05, 4.69) is 252 Å². The first-order valence-corrected chi connectivity index (χ1v) is 20.6. The van der Waals surface area contributed by atoms with Gasteiger partial charge in [-0.2, -0.15) is 0 Å². The molecular formula is C58H40N2. The molecule has 0 atom stereocenters. The zero-order valence-corrected chi connectivity index (χ0v) is 33.0. The summed E-state index contributed by atoms with van der Waals surface area (Å²) in [6, 6.07) is 87.8. The van der Waals surface area contributed by atoms with Crippen LogP contribution < -0.4 is 9.80 Å². The second-order valence-electron chi connectivity index (χ2n) is 15.2. The summed E-state index contributed by atoms with van der Waals surface area (Å²) in [6.45, 7) is 0. The van der Waals surface area contributed by atoms with Gasteiger partial charge in [-0.05, 0) is 121 Å². The van der Waals surface area contributed by atoms with Crippen molar-refractivity contribution in [2.75, 3.05) is 9.80 Å². The summed E-state index contributed by atoms with van der Waals surface area (Å²) in [6.07, 6.45) is 0. The molecule has 0 heterocycles. The van der Waals surface area contributed by atoms with E-state index in [1.54, 1.807) is 0 Å². The molecule has 11 rings (SSSR count). The van der Waals surface area contributed by atoms with Gasteiger partial charge in [-0.25, -0.2) is 0 Å². The van der Waals surface area contributed by atoms with Crippen LogP contribution in [0.1, 0.15) is 0 Å².